The van der Waals surface area contributed by atoms with Crippen molar-refractivity contribution in [2.75, 3.05) is 25.5 Å². The number of nitrogens with zero attached hydrogens (tertiary/aromatic N) is 2. The van der Waals surface area contributed by atoms with Gasteiger partial charge in [0.2, 0.25) is 0 Å². The zero-order valence-corrected chi connectivity index (χ0v) is 8.77. The molecule has 2 aromatic rings. The van der Waals surface area contributed by atoms with Gasteiger partial charge in [0.15, 0.2) is 0 Å². The van der Waals surface area contributed by atoms with Crippen LogP contribution in [0.2, 0.25) is 0 Å². The van der Waals surface area contributed by atoms with Gasteiger partial charge in [-0.15, -0.1) is 11.3 Å². The predicted molar refractivity (Wildman–Crippen MR) is 59.8 cm³/mol. The van der Waals surface area contributed by atoms with Crippen molar-refractivity contribution in [1.29, 1.82) is 0 Å². The van der Waals surface area contributed by atoms with Gasteiger partial charge >= 0.3 is 0 Å². The summed E-state index contributed by atoms with van der Waals surface area (Å²) < 4.78 is 1.13. The van der Waals surface area contributed by atoms with E-state index in [4.69, 9.17) is 0 Å². The Morgan fingerprint density at radius 3 is 3.14 bits per heavy atom. The summed E-state index contributed by atoms with van der Waals surface area (Å²) in [5.41, 5.74) is 1.01. The zero-order chi connectivity index (χ0) is 9.80. The van der Waals surface area contributed by atoms with Crippen molar-refractivity contribution < 1.29 is 0 Å². The van der Waals surface area contributed by atoms with Crippen molar-refractivity contribution >= 4 is 27.4 Å². The van der Waals surface area contributed by atoms with Crippen LogP contribution >= 0.6 is 11.3 Å². The van der Waals surface area contributed by atoms with Gasteiger partial charge in [-0.25, -0.2) is 9.97 Å². The Hall–Kier alpha value is -1.20. The molecule has 2 N–H and O–H groups in total. The van der Waals surface area contributed by atoms with Crippen LogP contribution in [0.3, 0.4) is 0 Å². The molecule has 0 aliphatic rings. The van der Waals surface area contributed by atoms with E-state index < -0.39 is 0 Å². The molecule has 2 heterocycles. The van der Waals surface area contributed by atoms with E-state index in [9.17, 15) is 0 Å². The molecule has 0 radical (unpaired) electrons. The molecule has 4 nitrogen and oxygen atoms in total. The number of anilines is 1. The van der Waals surface area contributed by atoms with E-state index in [2.05, 4.69) is 20.6 Å². The maximum Gasteiger partial charge on any atom is 0.147 e. The van der Waals surface area contributed by atoms with Crippen LogP contribution in [0.4, 0.5) is 5.82 Å². The first kappa shape index (κ1) is 9.36. The molecule has 0 aliphatic heterocycles. The Bertz CT molecular complexity index is 412. The third kappa shape index (κ3) is 1.83. The Labute approximate surface area is 86.4 Å². The van der Waals surface area contributed by atoms with E-state index in [1.54, 1.807) is 17.7 Å². The number of hydrogen-bond acceptors (Lipinski definition) is 5. The van der Waals surface area contributed by atoms with Gasteiger partial charge in [-0.1, -0.05) is 0 Å². The lowest BCUT2D eigenvalue weighted by molar-refractivity contribution is 0.822. The number of rotatable bonds is 4. The Balaban J connectivity index is 2.19. The first-order valence-electron chi connectivity index (χ1n) is 4.48. The first-order valence-corrected chi connectivity index (χ1v) is 5.36. The SMILES string of the molecule is CNCCNc1ncnc2ccsc12. The normalized spacial score (nSPS) is 10.6. The summed E-state index contributed by atoms with van der Waals surface area (Å²) >= 11 is 1.66. The molecule has 0 amide bonds. The molecule has 0 aromatic carbocycles. The second-order valence-corrected chi connectivity index (χ2v) is 3.80. The van der Waals surface area contributed by atoms with Crippen LogP contribution in [-0.2, 0) is 0 Å². The van der Waals surface area contributed by atoms with Crippen molar-refractivity contribution in [1.82, 2.24) is 15.3 Å². The van der Waals surface area contributed by atoms with Gasteiger partial charge in [-0.2, -0.15) is 0 Å². The highest BCUT2D eigenvalue weighted by Gasteiger charge is 2.02. The smallest absolute Gasteiger partial charge is 0.147 e. The van der Waals surface area contributed by atoms with Crippen molar-refractivity contribution in [2.24, 2.45) is 0 Å². The number of thiophene rings is 1. The number of likely N-dealkylation sites (N-methyl/N-ethyl adjacent to an activating group) is 1. The summed E-state index contributed by atoms with van der Waals surface area (Å²) in [6.07, 6.45) is 1.59. The summed E-state index contributed by atoms with van der Waals surface area (Å²) in [4.78, 5) is 8.39. The maximum absolute atomic E-state index is 4.21. The quantitative estimate of drug-likeness (QED) is 0.744. The molecule has 5 heteroatoms. The summed E-state index contributed by atoms with van der Waals surface area (Å²) in [7, 11) is 1.93. The molecule has 0 saturated heterocycles. The average Bonchev–Trinajstić information content (AvgIpc) is 2.67. The van der Waals surface area contributed by atoms with Gasteiger partial charge in [0, 0.05) is 13.1 Å². The minimum atomic E-state index is 0.876. The molecule has 2 aromatic heterocycles. The monoisotopic (exact) mass is 208 g/mol. The molecule has 74 valence electrons. The maximum atomic E-state index is 4.21. The fraction of sp³-hybridized carbons (Fsp3) is 0.333. The summed E-state index contributed by atoms with van der Waals surface area (Å²) in [5.74, 6) is 0.931. The van der Waals surface area contributed by atoms with Crippen LogP contribution in [0.25, 0.3) is 10.2 Å². The van der Waals surface area contributed by atoms with Crippen LogP contribution in [0.5, 0.6) is 0 Å². The van der Waals surface area contributed by atoms with Crippen LogP contribution < -0.4 is 10.6 Å². The summed E-state index contributed by atoms with van der Waals surface area (Å²) in [5, 5.41) is 8.38. The van der Waals surface area contributed by atoms with Gasteiger partial charge < -0.3 is 10.6 Å². The van der Waals surface area contributed by atoms with Crippen molar-refractivity contribution in [3.8, 4) is 0 Å². The van der Waals surface area contributed by atoms with E-state index in [1.165, 1.54) is 0 Å². The number of nitrogens with one attached hydrogen (secondary N) is 2. The lowest BCUT2D eigenvalue weighted by atomic mass is 10.4. The molecule has 14 heavy (non-hydrogen) atoms. The van der Waals surface area contributed by atoms with Crippen LogP contribution in [0.1, 0.15) is 0 Å². The summed E-state index contributed by atoms with van der Waals surface area (Å²) in [6, 6.07) is 2.00. The highest BCUT2D eigenvalue weighted by Crippen LogP contribution is 2.24. The summed E-state index contributed by atoms with van der Waals surface area (Å²) in [6.45, 7) is 1.80. The van der Waals surface area contributed by atoms with Crippen LogP contribution in [0, 0.1) is 0 Å². The third-order valence-electron chi connectivity index (χ3n) is 1.91. The van der Waals surface area contributed by atoms with Gasteiger partial charge in [0.05, 0.1) is 10.2 Å². The standard InChI is InChI=1S/C9H12N4S/c1-10-3-4-11-9-8-7(2-5-14-8)12-6-13-9/h2,5-6,10H,3-4H2,1H3,(H,11,12,13). The highest BCUT2D eigenvalue weighted by atomic mass is 32.1. The average molecular weight is 208 g/mol. The Morgan fingerprint density at radius 1 is 1.36 bits per heavy atom. The fourth-order valence-electron chi connectivity index (χ4n) is 1.22. The predicted octanol–water partition coefficient (Wildman–Crippen LogP) is 1.32. The molecule has 2 rings (SSSR count). The third-order valence-corrected chi connectivity index (χ3v) is 2.82. The molecular weight excluding hydrogens is 196 g/mol. The number of aromatic nitrogens is 2. The van der Waals surface area contributed by atoms with Gasteiger partial charge in [-0.05, 0) is 18.5 Å². The Kier molecular flexibility index (Phi) is 2.90. The molecule has 0 fully saturated rings. The molecule has 0 saturated carbocycles. The van der Waals surface area contributed by atoms with Gasteiger partial charge in [0.1, 0.15) is 12.1 Å². The van der Waals surface area contributed by atoms with E-state index in [-0.39, 0.29) is 0 Å². The molecule has 0 atom stereocenters. The van der Waals surface area contributed by atoms with Crippen molar-refractivity contribution in [3.63, 3.8) is 0 Å². The lowest BCUT2D eigenvalue weighted by Crippen LogP contribution is -2.18. The molecule has 0 spiro atoms. The molecular formula is C9H12N4S. The number of hydrogen-bond donors (Lipinski definition) is 2. The van der Waals surface area contributed by atoms with E-state index in [1.807, 2.05) is 18.5 Å². The van der Waals surface area contributed by atoms with Gasteiger partial charge in [0.25, 0.3) is 0 Å². The fourth-order valence-corrected chi connectivity index (χ4v) is 2.03. The lowest BCUT2D eigenvalue weighted by Gasteiger charge is -2.04. The largest absolute Gasteiger partial charge is 0.368 e. The van der Waals surface area contributed by atoms with E-state index >= 15 is 0 Å². The minimum absolute atomic E-state index is 0.876. The highest BCUT2D eigenvalue weighted by molar-refractivity contribution is 7.17. The second-order valence-electron chi connectivity index (χ2n) is 2.89. The molecule has 0 aliphatic carbocycles. The minimum Gasteiger partial charge on any atom is -0.368 e. The van der Waals surface area contributed by atoms with E-state index in [0.717, 1.165) is 29.1 Å². The topological polar surface area (TPSA) is 49.8 Å². The van der Waals surface area contributed by atoms with Crippen LogP contribution in [-0.4, -0.2) is 30.1 Å². The van der Waals surface area contributed by atoms with Crippen LogP contribution in [0.15, 0.2) is 17.8 Å². The zero-order valence-electron chi connectivity index (χ0n) is 7.95. The van der Waals surface area contributed by atoms with Crippen molar-refractivity contribution in [3.05, 3.63) is 17.8 Å². The molecule has 0 bridgehead atoms. The van der Waals surface area contributed by atoms with Crippen molar-refractivity contribution in [2.45, 2.75) is 0 Å². The van der Waals surface area contributed by atoms with Gasteiger partial charge in [-0.3, -0.25) is 0 Å². The Morgan fingerprint density at radius 2 is 2.29 bits per heavy atom. The number of fused-ring (bicyclic) bond motifs is 1. The van der Waals surface area contributed by atoms with E-state index in [0.29, 0.717) is 0 Å². The molecule has 0 unspecified atom stereocenters. The second kappa shape index (κ2) is 4.34. The first-order chi connectivity index (χ1) is 6.92.